The lowest BCUT2D eigenvalue weighted by atomic mass is 9.93. The topological polar surface area (TPSA) is 112 Å². The van der Waals surface area contributed by atoms with Crippen LogP contribution in [0.4, 0.5) is 27.7 Å². The Morgan fingerprint density at radius 2 is 1.90 bits per heavy atom. The summed E-state index contributed by atoms with van der Waals surface area (Å²) < 4.78 is 39.0. The minimum atomic E-state index is -2.99. The molecule has 2 aliphatic heterocycles. The van der Waals surface area contributed by atoms with Crippen LogP contribution in [0.5, 0.6) is 0 Å². The zero-order chi connectivity index (χ0) is 27.9. The summed E-state index contributed by atoms with van der Waals surface area (Å²) in [7, 11) is -2.99. The van der Waals surface area contributed by atoms with E-state index in [9.17, 15) is 17.9 Å². The van der Waals surface area contributed by atoms with Gasteiger partial charge in [-0.3, -0.25) is 0 Å². The SMILES string of the molecule is CCS(=O)(=O)CC1CN(c2ccc(C(C)C)c3cc(Nc4ccnc(N5CC[C@](F)([C@H](C)O)C5)n4)ncc23)C1. The largest absolute Gasteiger partial charge is 0.390 e. The van der Waals surface area contributed by atoms with Gasteiger partial charge in [-0.15, -0.1) is 0 Å². The van der Waals surface area contributed by atoms with Gasteiger partial charge in [0.25, 0.3) is 0 Å². The first-order valence-electron chi connectivity index (χ1n) is 13.6. The van der Waals surface area contributed by atoms with Crippen molar-refractivity contribution < 1.29 is 17.9 Å². The Kier molecular flexibility index (Phi) is 7.41. The average molecular weight is 557 g/mol. The lowest BCUT2D eigenvalue weighted by molar-refractivity contribution is 0.0191. The van der Waals surface area contributed by atoms with Crippen LogP contribution in [0.2, 0.25) is 0 Å². The standard InChI is InChI=1S/C28H37FN6O3S/c1-5-39(37,38)16-20-14-35(15-20)24-7-6-21(18(2)3)22-12-26(31-13-23(22)24)32-25-8-10-30-27(33-25)34-11-9-28(29,17-34)19(4)36/h6-8,10,12-13,18-20,36H,5,9,11,14-17H2,1-4H3,(H,30,31,32,33)/t19-,28+/m0/s1. The summed E-state index contributed by atoms with van der Waals surface area (Å²) in [5.41, 5.74) is 0.589. The van der Waals surface area contributed by atoms with Crippen LogP contribution in [0.25, 0.3) is 10.8 Å². The average Bonchev–Trinajstić information content (AvgIpc) is 3.29. The molecule has 0 spiro atoms. The van der Waals surface area contributed by atoms with Crippen LogP contribution in [0, 0.1) is 5.92 Å². The van der Waals surface area contributed by atoms with Crippen LogP contribution in [0.1, 0.15) is 45.6 Å². The zero-order valence-corrected chi connectivity index (χ0v) is 23.7. The van der Waals surface area contributed by atoms with Gasteiger partial charge >= 0.3 is 0 Å². The maximum Gasteiger partial charge on any atom is 0.227 e. The number of alkyl halides is 1. The van der Waals surface area contributed by atoms with Crippen LogP contribution in [0.15, 0.2) is 36.7 Å². The summed E-state index contributed by atoms with van der Waals surface area (Å²) in [6, 6.07) is 8.02. The molecule has 0 aliphatic carbocycles. The normalized spacial score (nSPS) is 21.0. The predicted octanol–water partition coefficient (Wildman–Crippen LogP) is 4.06. The molecule has 9 nitrogen and oxygen atoms in total. The van der Waals surface area contributed by atoms with Crippen molar-refractivity contribution in [1.82, 2.24) is 15.0 Å². The molecular weight excluding hydrogens is 519 g/mol. The second kappa shape index (κ2) is 10.5. The maximum absolute atomic E-state index is 14.9. The number of benzene rings is 1. The van der Waals surface area contributed by atoms with Crippen LogP contribution >= 0.6 is 0 Å². The minimum absolute atomic E-state index is 0.0462. The molecule has 2 aromatic heterocycles. The Balaban J connectivity index is 1.37. The summed E-state index contributed by atoms with van der Waals surface area (Å²) in [4.78, 5) is 17.5. The zero-order valence-electron chi connectivity index (χ0n) is 22.9. The van der Waals surface area contributed by atoms with Crippen LogP contribution < -0.4 is 15.1 Å². The first-order valence-corrected chi connectivity index (χ1v) is 15.4. The molecule has 4 heterocycles. The molecule has 210 valence electrons. The third kappa shape index (κ3) is 5.65. The number of hydrogen-bond acceptors (Lipinski definition) is 9. The van der Waals surface area contributed by atoms with Crippen molar-refractivity contribution in [2.75, 3.05) is 52.8 Å². The lowest BCUT2D eigenvalue weighted by Crippen LogP contribution is -2.49. The highest BCUT2D eigenvalue weighted by Crippen LogP contribution is 2.37. The number of anilines is 4. The number of aliphatic hydroxyl groups is 1. The van der Waals surface area contributed by atoms with Gasteiger partial charge in [-0.25, -0.2) is 22.8 Å². The fourth-order valence-electron chi connectivity index (χ4n) is 5.45. The van der Waals surface area contributed by atoms with E-state index in [1.807, 2.05) is 12.3 Å². The molecule has 0 unspecified atom stereocenters. The van der Waals surface area contributed by atoms with E-state index < -0.39 is 21.6 Å². The first kappa shape index (κ1) is 27.5. The molecule has 2 aliphatic rings. The number of nitrogens with one attached hydrogen (secondary N) is 1. The van der Waals surface area contributed by atoms with E-state index in [1.54, 1.807) is 24.1 Å². The fraction of sp³-hybridized carbons (Fsp3) is 0.536. The van der Waals surface area contributed by atoms with Gasteiger partial charge in [-0.2, -0.15) is 4.98 Å². The number of aromatic nitrogens is 3. The second-order valence-corrected chi connectivity index (χ2v) is 13.6. The smallest absolute Gasteiger partial charge is 0.227 e. The van der Waals surface area contributed by atoms with Crippen molar-refractivity contribution >= 4 is 43.9 Å². The van der Waals surface area contributed by atoms with Crippen LogP contribution in [0.3, 0.4) is 0 Å². The monoisotopic (exact) mass is 556 g/mol. The van der Waals surface area contributed by atoms with E-state index in [1.165, 1.54) is 12.5 Å². The molecular formula is C28H37FN6O3S. The third-order valence-electron chi connectivity index (χ3n) is 7.94. The molecule has 0 saturated carbocycles. The highest BCUT2D eigenvalue weighted by atomic mass is 32.2. The predicted molar refractivity (Wildman–Crippen MR) is 154 cm³/mol. The van der Waals surface area contributed by atoms with E-state index in [4.69, 9.17) is 0 Å². The van der Waals surface area contributed by atoms with Gasteiger partial charge < -0.3 is 20.2 Å². The highest BCUT2D eigenvalue weighted by Gasteiger charge is 2.43. The van der Waals surface area contributed by atoms with Crippen molar-refractivity contribution in [1.29, 1.82) is 0 Å². The summed E-state index contributed by atoms with van der Waals surface area (Å²) >= 11 is 0. The van der Waals surface area contributed by atoms with E-state index in [0.29, 0.717) is 43.1 Å². The Morgan fingerprint density at radius 1 is 1.13 bits per heavy atom. The molecule has 2 fully saturated rings. The summed E-state index contributed by atoms with van der Waals surface area (Å²) in [6.45, 7) is 9.38. The van der Waals surface area contributed by atoms with E-state index >= 15 is 0 Å². The number of hydrogen-bond donors (Lipinski definition) is 2. The number of pyridine rings is 1. The van der Waals surface area contributed by atoms with Crippen molar-refractivity contribution in [2.45, 2.75) is 51.8 Å². The molecule has 2 atom stereocenters. The van der Waals surface area contributed by atoms with Crippen molar-refractivity contribution in [3.05, 3.63) is 42.2 Å². The second-order valence-electron chi connectivity index (χ2n) is 11.2. The van der Waals surface area contributed by atoms with Gasteiger partial charge in [0.2, 0.25) is 5.95 Å². The van der Waals surface area contributed by atoms with Gasteiger partial charge in [0, 0.05) is 61.2 Å². The molecule has 11 heteroatoms. The van der Waals surface area contributed by atoms with Crippen molar-refractivity contribution in [2.24, 2.45) is 5.92 Å². The van der Waals surface area contributed by atoms with Gasteiger partial charge in [0.15, 0.2) is 5.67 Å². The Hall–Kier alpha value is -3.05. The highest BCUT2D eigenvalue weighted by molar-refractivity contribution is 7.91. The van der Waals surface area contributed by atoms with Gasteiger partial charge in [0.05, 0.1) is 18.4 Å². The Morgan fingerprint density at radius 3 is 2.56 bits per heavy atom. The molecule has 39 heavy (non-hydrogen) atoms. The lowest BCUT2D eigenvalue weighted by Gasteiger charge is -2.41. The van der Waals surface area contributed by atoms with Crippen LogP contribution in [-0.2, 0) is 9.84 Å². The fourth-order valence-corrected chi connectivity index (χ4v) is 6.62. The van der Waals surface area contributed by atoms with Crippen LogP contribution in [-0.4, -0.2) is 77.9 Å². The quantitative estimate of drug-likeness (QED) is 0.403. The third-order valence-corrected chi connectivity index (χ3v) is 9.80. The molecule has 0 bridgehead atoms. The molecule has 0 amide bonds. The molecule has 2 N–H and O–H groups in total. The minimum Gasteiger partial charge on any atom is -0.390 e. The molecule has 3 aromatic rings. The number of sulfone groups is 1. The van der Waals surface area contributed by atoms with Gasteiger partial charge in [0.1, 0.15) is 21.5 Å². The number of fused-ring (bicyclic) bond motifs is 1. The Labute approximate surface area is 229 Å². The molecule has 1 aromatic carbocycles. The number of nitrogens with zero attached hydrogens (tertiary/aromatic N) is 5. The summed E-state index contributed by atoms with van der Waals surface area (Å²) in [5.74, 6) is 2.44. The summed E-state index contributed by atoms with van der Waals surface area (Å²) in [5, 5.41) is 15.2. The van der Waals surface area contributed by atoms with E-state index in [2.05, 4.69) is 51.1 Å². The van der Waals surface area contributed by atoms with Gasteiger partial charge in [-0.05, 0) is 42.0 Å². The number of aliphatic hydroxyl groups excluding tert-OH is 1. The van der Waals surface area contributed by atoms with Crippen molar-refractivity contribution in [3.63, 3.8) is 0 Å². The van der Waals surface area contributed by atoms with E-state index in [-0.39, 0.29) is 30.4 Å². The Bertz CT molecular complexity index is 1460. The van der Waals surface area contributed by atoms with Crippen molar-refractivity contribution in [3.8, 4) is 0 Å². The maximum atomic E-state index is 14.9. The van der Waals surface area contributed by atoms with Gasteiger partial charge in [-0.1, -0.05) is 26.8 Å². The first-order chi connectivity index (χ1) is 18.5. The van der Waals surface area contributed by atoms with E-state index in [0.717, 1.165) is 16.5 Å². The molecule has 5 rings (SSSR count). The number of halogens is 1. The molecule has 2 saturated heterocycles. The summed E-state index contributed by atoms with van der Waals surface area (Å²) in [6.07, 6.45) is 2.66. The number of rotatable bonds is 9. The molecule has 0 radical (unpaired) electrons.